The van der Waals surface area contributed by atoms with Gasteiger partial charge >= 0.3 is 6.03 Å². The van der Waals surface area contributed by atoms with Crippen LogP contribution in [0.2, 0.25) is 0 Å². The number of amides is 4. The summed E-state index contributed by atoms with van der Waals surface area (Å²) < 4.78 is 0. The van der Waals surface area contributed by atoms with Gasteiger partial charge in [-0.2, -0.15) is 0 Å². The van der Waals surface area contributed by atoms with Gasteiger partial charge in [-0.25, -0.2) is 4.79 Å². The summed E-state index contributed by atoms with van der Waals surface area (Å²) in [5, 5.41) is 11.0. The first-order chi connectivity index (χ1) is 13.7. The Hall–Kier alpha value is -3.35. The third-order valence-electron chi connectivity index (χ3n) is 4.12. The van der Waals surface area contributed by atoms with E-state index in [9.17, 15) is 14.4 Å². The number of carbonyl (C=O) groups excluding carboxylic acids is 3. The molecule has 0 spiro atoms. The topological polar surface area (TPSA) is 99.3 Å². The maximum Gasteiger partial charge on any atom is 0.319 e. The van der Waals surface area contributed by atoms with E-state index < -0.39 is 6.04 Å². The Kier molecular flexibility index (Phi) is 7.77. The Morgan fingerprint density at radius 3 is 2.24 bits per heavy atom. The molecular formula is C22H28N4O3. The van der Waals surface area contributed by atoms with Gasteiger partial charge in [0.2, 0.25) is 5.91 Å². The minimum atomic E-state index is -0.663. The predicted octanol–water partition coefficient (Wildman–Crippen LogP) is 2.96. The van der Waals surface area contributed by atoms with E-state index in [2.05, 4.69) is 21.3 Å². The predicted molar refractivity (Wildman–Crippen MR) is 114 cm³/mol. The first kappa shape index (κ1) is 21.9. The number of benzene rings is 2. The normalized spacial score (nSPS) is 11.5. The maximum atomic E-state index is 12.3. The highest BCUT2D eigenvalue weighted by atomic mass is 16.2. The molecule has 0 aromatic heterocycles. The zero-order valence-corrected chi connectivity index (χ0v) is 17.2. The Morgan fingerprint density at radius 2 is 1.62 bits per heavy atom. The van der Waals surface area contributed by atoms with Gasteiger partial charge < -0.3 is 21.3 Å². The Bertz CT molecular complexity index is 863. The van der Waals surface area contributed by atoms with Crippen molar-refractivity contribution >= 4 is 23.5 Å². The third kappa shape index (κ3) is 7.29. The standard InChI is InChI=1S/C22H28N4O3/c1-14(2)24-22(29)26-19-10-8-17(9-11-19)13-23-20(27)16(4)25-21(28)18-7-5-6-15(3)12-18/h5-12,14,16H,13H2,1-4H3,(H,23,27)(H,25,28)(H2,24,26,29). The SMILES string of the molecule is Cc1cccc(C(=O)NC(C)C(=O)NCc2ccc(NC(=O)NC(C)C)cc2)c1. The summed E-state index contributed by atoms with van der Waals surface area (Å²) in [4.78, 5) is 36.2. The van der Waals surface area contributed by atoms with Crippen LogP contribution in [0.15, 0.2) is 48.5 Å². The van der Waals surface area contributed by atoms with E-state index in [1.165, 1.54) is 0 Å². The van der Waals surface area contributed by atoms with Crippen molar-refractivity contribution in [2.45, 2.75) is 46.3 Å². The van der Waals surface area contributed by atoms with Gasteiger partial charge in [-0.15, -0.1) is 0 Å². The fourth-order valence-corrected chi connectivity index (χ4v) is 2.61. The average Bonchev–Trinajstić information content (AvgIpc) is 2.66. The van der Waals surface area contributed by atoms with Crippen LogP contribution in [0, 0.1) is 6.92 Å². The van der Waals surface area contributed by atoms with Gasteiger partial charge in [-0.3, -0.25) is 9.59 Å². The van der Waals surface area contributed by atoms with Gasteiger partial charge in [0.15, 0.2) is 0 Å². The number of urea groups is 1. The first-order valence-electron chi connectivity index (χ1n) is 9.56. The molecule has 4 N–H and O–H groups in total. The van der Waals surface area contributed by atoms with Crippen LogP contribution < -0.4 is 21.3 Å². The lowest BCUT2D eigenvalue weighted by atomic mass is 10.1. The molecule has 0 aliphatic heterocycles. The van der Waals surface area contributed by atoms with Crippen LogP contribution in [0.5, 0.6) is 0 Å². The summed E-state index contributed by atoms with van der Waals surface area (Å²) in [5.74, 6) is -0.559. The number of aryl methyl sites for hydroxylation is 1. The van der Waals surface area contributed by atoms with E-state index in [0.29, 0.717) is 17.8 Å². The van der Waals surface area contributed by atoms with Crippen molar-refractivity contribution in [1.82, 2.24) is 16.0 Å². The zero-order valence-electron chi connectivity index (χ0n) is 17.2. The lowest BCUT2D eigenvalue weighted by Gasteiger charge is -2.15. The van der Waals surface area contributed by atoms with E-state index in [1.807, 2.05) is 39.0 Å². The summed E-state index contributed by atoms with van der Waals surface area (Å²) in [6, 6.07) is 13.5. The molecule has 1 atom stereocenters. The van der Waals surface area contributed by atoms with E-state index in [1.54, 1.807) is 37.3 Å². The molecule has 0 aliphatic carbocycles. The number of hydrogen-bond acceptors (Lipinski definition) is 3. The molecule has 0 radical (unpaired) electrons. The van der Waals surface area contributed by atoms with Crippen molar-refractivity contribution < 1.29 is 14.4 Å². The smallest absolute Gasteiger partial charge is 0.319 e. The van der Waals surface area contributed by atoms with Gasteiger partial charge in [-0.05, 0) is 57.5 Å². The molecular weight excluding hydrogens is 368 g/mol. The van der Waals surface area contributed by atoms with E-state index in [-0.39, 0.29) is 23.9 Å². The minimum Gasteiger partial charge on any atom is -0.350 e. The Morgan fingerprint density at radius 1 is 0.931 bits per heavy atom. The summed E-state index contributed by atoms with van der Waals surface area (Å²) in [7, 11) is 0. The molecule has 2 aromatic carbocycles. The van der Waals surface area contributed by atoms with Crippen LogP contribution in [0.4, 0.5) is 10.5 Å². The first-order valence-corrected chi connectivity index (χ1v) is 9.56. The van der Waals surface area contributed by atoms with Crippen LogP contribution in [0.1, 0.15) is 42.3 Å². The Balaban J connectivity index is 1.82. The molecule has 29 heavy (non-hydrogen) atoms. The quantitative estimate of drug-likeness (QED) is 0.579. The number of carbonyl (C=O) groups is 3. The maximum absolute atomic E-state index is 12.3. The number of nitrogens with one attached hydrogen (secondary N) is 4. The van der Waals surface area contributed by atoms with Gasteiger partial charge in [0.25, 0.3) is 5.91 Å². The van der Waals surface area contributed by atoms with Crippen LogP contribution in [0.25, 0.3) is 0 Å². The second-order valence-corrected chi connectivity index (χ2v) is 7.23. The molecule has 2 aromatic rings. The molecule has 0 aliphatic rings. The summed E-state index contributed by atoms with van der Waals surface area (Å²) >= 11 is 0. The number of anilines is 1. The lowest BCUT2D eigenvalue weighted by molar-refractivity contribution is -0.122. The Labute approximate surface area is 171 Å². The van der Waals surface area contributed by atoms with Crippen molar-refractivity contribution in [2.24, 2.45) is 0 Å². The van der Waals surface area contributed by atoms with Gasteiger partial charge in [0.1, 0.15) is 6.04 Å². The summed E-state index contributed by atoms with van der Waals surface area (Å²) in [6.45, 7) is 7.64. The second kappa shape index (κ2) is 10.3. The van der Waals surface area contributed by atoms with E-state index in [0.717, 1.165) is 11.1 Å². The highest BCUT2D eigenvalue weighted by Crippen LogP contribution is 2.09. The monoisotopic (exact) mass is 396 g/mol. The average molecular weight is 396 g/mol. The molecule has 7 heteroatoms. The fraction of sp³-hybridized carbons (Fsp3) is 0.318. The summed E-state index contributed by atoms with van der Waals surface area (Å²) in [5.41, 5.74) is 3.05. The molecule has 0 heterocycles. The number of hydrogen-bond donors (Lipinski definition) is 4. The molecule has 0 saturated heterocycles. The van der Waals surface area contributed by atoms with E-state index in [4.69, 9.17) is 0 Å². The molecule has 0 fully saturated rings. The molecule has 2 rings (SSSR count). The largest absolute Gasteiger partial charge is 0.350 e. The van der Waals surface area contributed by atoms with Crippen molar-refractivity contribution in [1.29, 1.82) is 0 Å². The lowest BCUT2D eigenvalue weighted by Crippen LogP contribution is -2.44. The van der Waals surface area contributed by atoms with E-state index >= 15 is 0 Å². The minimum absolute atomic E-state index is 0.0536. The zero-order chi connectivity index (χ0) is 21.4. The van der Waals surface area contributed by atoms with Crippen LogP contribution in [-0.4, -0.2) is 29.9 Å². The summed E-state index contributed by atoms with van der Waals surface area (Å²) in [6.07, 6.45) is 0. The number of rotatable bonds is 7. The van der Waals surface area contributed by atoms with Gasteiger partial charge in [0.05, 0.1) is 0 Å². The molecule has 7 nitrogen and oxygen atoms in total. The highest BCUT2D eigenvalue weighted by molar-refractivity contribution is 5.97. The molecule has 4 amide bonds. The van der Waals surface area contributed by atoms with Crippen LogP contribution >= 0.6 is 0 Å². The molecule has 154 valence electrons. The van der Waals surface area contributed by atoms with Gasteiger partial charge in [0, 0.05) is 23.8 Å². The third-order valence-corrected chi connectivity index (χ3v) is 4.12. The highest BCUT2D eigenvalue weighted by Gasteiger charge is 2.16. The fourth-order valence-electron chi connectivity index (χ4n) is 2.61. The molecule has 0 saturated carbocycles. The van der Waals surface area contributed by atoms with Crippen molar-refractivity contribution in [3.8, 4) is 0 Å². The van der Waals surface area contributed by atoms with Crippen molar-refractivity contribution in [3.63, 3.8) is 0 Å². The van der Waals surface area contributed by atoms with Crippen molar-refractivity contribution in [2.75, 3.05) is 5.32 Å². The van der Waals surface area contributed by atoms with Crippen LogP contribution in [0.3, 0.4) is 0 Å². The second-order valence-electron chi connectivity index (χ2n) is 7.23. The molecule has 0 bridgehead atoms. The van der Waals surface area contributed by atoms with Gasteiger partial charge in [-0.1, -0.05) is 29.8 Å². The van der Waals surface area contributed by atoms with Crippen molar-refractivity contribution in [3.05, 3.63) is 65.2 Å². The molecule has 1 unspecified atom stereocenters. The van der Waals surface area contributed by atoms with Crippen LogP contribution in [-0.2, 0) is 11.3 Å².